The summed E-state index contributed by atoms with van der Waals surface area (Å²) in [4.78, 5) is 15.2. The number of pyridine rings is 1. The topological polar surface area (TPSA) is 77.3 Å². The minimum atomic E-state index is -0.511. The molecule has 0 aliphatic heterocycles. The summed E-state index contributed by atoms with van der Waals surface area (Å²) in [5, 5.41) is 15.2. The Kier molecular flexibility index (Phi) is 5.50. The highest BCUT2D eigenvalue weighted by molar-refractivity contribution is 6.33. The summed E-state index contributed by atoms with van der Waals surface area (Å²) in [6.45, 7) is 2.41. The lowest BCUT2D eigenvalue weighted by atomic mass is 10.1. The number of aromatic nitrogens is 1. The molecule has 0 saturated heterocycles. The van der Waals surface area contributed by atoms with Crippen molar-refractivity contribution in [2.75, 3.05) is 5.32 Å². The van der Waals surface area contributed by atoms with E-state index < -0.39 is 4.92 Å². The summed E-state index contributed by atoms with van der Waals surface area (Å²) in [5.41, 5.74) is 2.84. The molecule has 4 aromatic rings. The van der Waals surface area contributed by atoms with Crippen LogP contribution in [0.15, 0.2) is 72.8 Å². The summed E-state index contributed by atoms with van der Waals surface area (Å²) in [6.07, 6.45) is 0. The van der Waals surface area contributed by atoms with Gasteiger partial charge in [0, 0.05) is 11.9 Å². The summed E-state index contributed by atoms with van der Waals surface area (Å²) in [7, 11) is 0. The van der Waals surface area contributed by atoms with Crippen LogP contribution < -0.4 is 10.1 Å². The van der Waals surface area contributed by atoms with Gasteiger partial charge in [-0.3, -0.25) is 10.1 Å². The molecule has 1 N–H and O–H groups in total. The maximum Gasteiger partial charge on any atom is 0.329 e. The van der Waals surface area contributed by atoms with E-state index in [1.165, 1.54) is 5.56 Å². The number of fused-ring (bicyclic) bond motifs is 1. The molecule has 0 amide bonds. The first kappa shape index (κ1) is 19.7. The zero-order valence-electron chi connectivity index (χ0n) is 16.1. The van der Waals surface area contributed by atoms with Gasteiger partial charge in [-0.1, -0.05) is 59.6 Å². The second kappa shape index (κ2) is 8.39. The molecule has 1 aromatic heterocycles. The third-order valence-electron chi connectivity index (χ3n) is 4.66. The van der Waals surface area contributed by atoms with E-state index in [1.807, 2.05) is 67.6 Å². The smallest absolute Gasteiger partial charge is 0.329 e. The van der Waals surface area contributed by atoms with E-state index in [0.717, 1.165) is 11.3 Å². The number of anilines is 1. The van der Waals surface area contributed by atoms with E-state index in [-0.39, 0.29) is 10.8 Å². The van der Waals surface area contributed by atoms with E-state index in [1.54, 1.807) is 12.1 Å². The Morgan fingerprint density at radius 2 is 1.63 bits per heavy atom. The molecule has 0 fully saturated rings. The molecule has 7 heteroatoms. The van der Waals surface area contributed by atoms with Gasteiger partial charge in [0.2, 0.25) is 5.15 Å². The van der Waals surface area contributed by atoms with Crippen molar-refractivity contribution >= 4 is 33.9 Å². The number of ether oxygens (including phenoxy) is 1. The summed E-state index contributed by atoms with van der Waals surface area (Å²) in [5.74, 6) is 1.48. The van der Waals surface area contributed by atoms with Crippen LogP contribution in [0.3, 0.4) is 0 Å². The van der Waals surface area contributed by atoms with E-state index >= 15 is 0 Å². The van der Waals surface area contributed by atoms with Gasteiger partial charge < -0.3 is 10.1 Å². The highest BCUT2D eigenvalue weighted by atomic mass is 35.5. The number of aryl methyl sites for hydroxylation is 1. The predicted octanol–water partition coefficient (Wildman–Crippen LogP) is 6.51. The van der Waals surface area contributed by atoms with E-state index in [0.29, 0.717) is 28.9 Å². The Morgan fingerprint density at radius 1 is 1.00 bits per heavy atom. The van der Waals surface area contributed by atoms with Gasteiger partial charge in [0.1, 0.15) is 17.2 Å². The zero-order chi connectivity index (χ0) is 21.1. The van der Waals surface area contributed by atoms with Crippen molar-refractivity contribution in [3.05, 3.63) is 99.2 Å². The van der Waals surface area contributed by atoms with E-state index in [4.69, 9.17) is 16.3 Å². The number of rotatable bonds is 6. The summed E-state index contributed by atoms with van der Waals surface area (Å²) >= 11 is 6.08. The van der Waals surface area contributed by atoms with E-state index in [9.17, 15) is 10.1 Å². The maximum atomic E-state index is 11.6. The van der Waals surface area contributed by atoms with Crippen LogP contribution in [0.1, 0.15) is 11.1 Å². The molecule has 0 atom stereocenters. The van der Waals surface area contributed by atoms with Gasteiger partial charge >= 0.3 is 5.69 Å². The molecule has 0 bridgehead atoms. The van der Waals surface area contributed by atoms with Gasteiger partial charge in [0.05, 0.1) is 10.4 Å². The maximum absolute atomic E-state index is 11.6. The van der Waals surface area contributed by atoms with Gasteiger partial charge in [-0.25, -0.2) is 4.98 Å². The summed E-state index contributed by atoms with van der Waals surface area (Å²) < 4.78 is 5.84. The van der Waals surface area contributed by atoms with Crippen LogP contribution >= 0.6 is 11.6 Å². The zero-order valence-corrected chi connectivity index (χ0v) is 16.9. The lowest BCUT2D eigenvalue weighted by Gasteiger charge is -2.12. The molecule has 0 unspecified atom stereocenters. The predicted molar refractivity (Wildman–Crippen MR) is 118 cm³/mol. The molecule has 0 aliphatic carbocycles. The highest BCUT2D eigenvalue weighted by Gasteiger charge is 2.23. The molecule has 0 saturated carbocycles. The van der Waals surface area contributed by atoms with Gasteiger partial charge in [-0.2, -0.15) is 0 Å². The number of halogens is 1. The number of para-hydroxylation sites is 1. The van der Waals surface area contributed by atoms with Crippen LogP contribution in [-0.2, 0) is 6.54 Å². The number of nitrogens with zero attached hydrogens (tertiary/aromatic N) is 2. The lowest BCUT2D eigenvalue weighted by molar-refractivity contribution is -0.384. The monoisotopic (exact) mass is 419 g/mol. The highest BCUT2D eigenvalue weighted by Crippen LogP contribution is 2.37. The molecule has 150 valence electrons. The van der Waals surface area contributed by atoms with Crippen molar-refractivity contribution in [3.8, 4) is 11.5 Å². The molecule has 4 rings (SSSR count). The average molecular weight is 420 g/mol. The number of hydrogen-bond acceptors (Lipinski definition) is 5. The second-order valence-corrected chi connectivity index (χ2v) is 7.17. The van der Waals surface area contributed by atoms with Gasteiger partial charge in [0.25, 0.3) is 0 Å². The minimum absolute atomic E-state index is 0.136. The van der Waals surface area contributed by atoms with Crippen LogP contribution in [0.5, 0.6) is 11.5 Å². The van der Waals surface area contributed by atoms with Gasteiger partial charge in [-0.05, 0) is 42.8 Å². The van der Waals surface area contributed by atoms with Crippen LogP contribution in [0, 0.1) is 17.0 Å². The normalized spacial score (nSPS) is 10.7. The molecular weight excluding hydrogens is 402 g/mol. The Bertz CT molecular complexity index is 1210. The van der Waals surface area contributed by atoms with Crippen molar-refractivity contribution in [3.63, 3.8) is 0 Å². The van der Waals surface area contributed by atoms with E-state index in [2.05, 4.69) is 10.3 Å². The van der Waals surface area contributed by atoms with Crippen molar-refractivity contribution in [1.29, 1.82) is 0 Å². The molecule has 0 spiro atoms. The van der Waals surface area contributed by atoms with Gasteiger partial charge in [0.15, 0.2) is 0 Å². The van der Waals surface area contributed by atoms with Crippen molar-refractivity contribution in [1.82, 2.24) is 4.98 Å². The molecule has 30 heavy (non-hydrogen) atoms. The standard InChI is InChI=1S/C23H18ClN3O3/c1-15-6-10-17(11-7-15)30-18-12-8-16(9-13-18)14-25-21-19-4-2-3-5-20(19)26-23(24)22(21)27(28)29/h2-13H,14H2,1H3,(H,25,26). The first-order valence-corrected chi connectivity index (χ1v) is 9.69. The number of hydrogen-bond donors (Lipinski definition) is 1. The lowest BCUT2D eigenvalue weighted by Crippen LogP contribution is -2.05. The Hall–Kier alpha value is -3.64. The fourth-order valence-electron chi connectivity index (χ4n) is 3.13. The van der Waals surface area contributed by atoms with Crippen molar-refractivity contribution in [2.24, 2.45) is 0 Å². The van der Waals surface area contributed by atoms with Crippen molar-refractivity contribution < 1.29 is 9.66 Å². The molecule has 0 radical (unpaired) electrons. The molecule has 6 nitrogen and oxygen atoms in total. The Balaban J connectivity index is 1.55. The average Bonchev–Trinajstić information content (AvgIpc) is 2.74. The minimum Gasteiger partial charge on any atom is -0.457 e. The third-order valence-corrected chi connectivity index (χ3v) is 4.92. The summed E-state index contributed by atoms with van der Waals surface area (Å²) in [6, 6.07) is 22.5. The fraction of sp³-hybridized carbons (Fsp3) is 0.0870. The van der Waals surface area contributed by atoms with Gasteiger partial charge in [-0.15, -0.1) is 0 Å². The first-order chi connectivity index (χ1) is 14.5. The van der Waals surface area contributed by atoms with Crippen LogP contribution in [0.4, 0.5) is 11.4 Å². The second-order valence-electron chi connectivity index (χ2n) is 6.81. The molecule has 3 aromatic carbocycles. The Morgan fingerprint density at radius 3 is 2.30 bits per heavy atom. The SMILES string of the molecule is Cc1ccc(Oc2ccc(CNc3c([N+](=O)[O-])c(Cl)nc4ccccc34)cc2)cc1. The first-order valence-electron chi connectivity index (χ1n) is 9.31. The third kappa shape index (κ3) is 4.18. The number of nitrogens with one attached hydrogen (secondary N) is 1. The quantitative estimate of drug-likeness (QED) is 0.219. The fourth-order valence-corrected chi connectivity index (χ4v) is 3.38. The van der Waals surface area contributed by atoms with Crippen LogP contribution in [0.2, 0.25) is 5.15 Å². The molecule has 0 aliphatic rings. The van der Waals surface area contributed by atoms with Crippen molar-refractivity contribution in [2.45, 2.75) is 13.5 Å². The Labute approximate surface area is 178 Å². The number of nitro groups is 1. The number of benzene rings is 3. The largest absolute Gasteiger partial charge is 0.457 e. The molecular formula is C23H18ClN3O3. The van der Waals surface area contributed by atoms with Crippen LogP contribution in [0.25, 0.3) is 10.9 Å². The van der Waals surface area contributed by atoms with Crippen LogP contribution in [-0.4, -0.2) is 9.91 Å². The molecule has 1 heterocycles.